The summed E-state index contributed by atoms with van der Waals surface area (Å²) in [6.45, 7) is 4.53. The highest BCUT2D eigenvalue weighted by Crippen LogP contribution is 2.51. The third-order valence-electron chi connectivity index (χ3n) is 3.21. The summed E-state index contributed by atoms with van der Waals surface area (Å²) in [5.41, 5.74) is 0.720. The van der Waals surface area contributed by atoms with Crippen LogP contribution in [0.25, 0.3) is 0 Å². The minimum absolute atomic E-state index is 0.00931. The molecule has 14 heavy (non-hydrogen) atoms. The van der Waals surface area contributed by atoms with Crippen molar-refractivity contribution >= 4 is 7.85 Å². The molecule has 2 radical (unpaired) electrons. The van der Waals surface area contributed by atoms with Crippen LogP contribution in [0.2, 0.25) is 0 Å². The summed E-state index contributed by atoms with van der Waals surface area (Å²) in [4.78, 5) is 0. The van der Waals surface area contributed by atoms with Gasteiger partial charge in [0.15, 0.2) is 0 Å². The van der Waals surface area contributed by atoms with E-state index in [1.165, 1.54) is 0 Å². The molecule has 1 saturated carbocycles. The largest absolute Gasteiger partial charge is 0.382 e. The van der Waals surface area contributed by atoms with Crippen molar-refractivity contribution in [2.45, 2.75) is 24.1 Å². The summed E-state index contributed by atoms with van der Waals surface area (Å²) in [6.07, 6.45) is 0.780. The SMILES string of the molecule is [B]C1O[C@]2(COC)CC(=C)C1C2OC. The van der Waals surface area contributed by atoms with Crippen molar-refractivity contribution in [3.05, 3.63) is 12.2 Å². The van der Waals surface area contributed by atoms with Crippen LogP contribution < -0.4 is 0 Å². The molecule has 0 aromatic heterocycles. The summed E-state index contributed by atoms with van der Waals surface area (Å²) in [6, 6.07) is -0.295. The average Bonchev–Trinajstić information content (AvgIpc) is 2.51. The fraction of sp³-hybridized carbons (Fsp3) is 0.800. The second-order valence-electron chi connectivity index (χ2n) is 4.10. The zero-order valence-corrected chi connectivity index (χ0v) is 8.66. The Labute approximate surface area is 85.8 Å². The summed E-state index contributed by atoms with van der Waals surface area (Å²) >= 11 is 0. The summed E-state index contributed by atoms with van der Waals surface area (Å²) < 4.78 is 16.4. The molecular formula is C10H15BO3. The van der Waals surface area contributed by atoms with Gasteiger partial charge < -0.3 is 14.2 Å². The van der Waals surface area contributed by atoms with E-state index in [2.05, 4.69) is 6.58 Å². The van der Waals surface area contributed by atoms with Gasteiger partial charge in [-0.2, -0.15) is 0 Å². The molecule has 0 amide bonds. The maximum Gasteiger partial charge on any atom is 0.121 e. The Balaban J connectivity index is 2.27. The van der Waals surface area contributed by atoms with Crippen molar-refractivity contribution in [1.82, 2.24) is 0 Å². The fourth-order valence-electron chi connectivity index (χ4n) is 2.77. The van der Waals surface area contributed by atoms with E-state index in [1.54, 1.807) is 14.2 Å². The van der Waals surface area contributed by atoms with Crippen LogP contribution in [0.5, 0.6) is 0 Å². The molecule has 0 aromatic rings. The van der Waals surface area contributed by atoms with Crippen LogP contribution in [-0.2, 0) is 14.2 Å². The quantitative estimate of drug-likeness (QED) is 0.483. The molecule has 1 heterocycles. The minimum Gasteiger partial charge on any atom is -0.382 e. The normalized spacial score (nSPS) is 46.1. The predicted octanol–water partition coefficient (Wildman–Crippen LogP) is 0.487. The minimum atomic E-state index is -0.398. The van der Waals surface area contributed by atoms with Gasteiger partial charge in [-0.25, -0.2) is 0 Å². The van der Waals surface area contributed by atoms with Crippen LogP contribution in [0.3, 0.4) is 0 Å². The standard InChI is InChI=1S/C10H15BO3/c1-6-4-10(5-12-2)8(13-3)7(6)9(11)14-10/h7-9H,1,4-5H2,2-3H3/t7?,8?,9?,10-/m0/s1. The Morgan fingerprint density at radius 2 is 2.36 bits per heavy atom. The van der Waals surface area contributed by atoms with Gasteiger partial charge in [-0.1, -0.05) is 12.2 Å². The molecule has 1 aliphatic carbocycles. The van der Waals surface area contributed by atoms with Gasteiger partial charge in [0.05, 0.1) is 12.7 Å². The van der Waals surface area contributed by atoms with Crippen molar-refractivity contribution < 1.29 is 14.2 Å². The van der Waals surface area contributed by atoms with Gasteiger partial charge in [0, 0.05) is 32.6 Å². The molecule has 76 valence electrons. The summed E-state index contributed by atoms with van der Waals surface area (Å²) in [7, 11) is 9.21. The molecule has 3 nitrogen and oxygen atoms in total. The van der Waals surface area contributed by atoms with Gasteiger partial charge in [-0.05, 0) is 0 Å². The highest BCUT2D eigenvalue weighted by Gasteiger charge is 2.60. The van der Waals surface area contributed by atoms with Gasteiger partial charge in [0.25, 0.3) is 0 Å². The molecule has 2 bridgehead atoms. The Morgan fingerprint density at radius 3 is 2.86 bits per heavy atom. The van der Waals surface area contributed by atoms with Crippen molar-refractivity contribution in [2.75, 3.05) is 20.8 Å². The topological polar surface area (TPSA) is 27.7 Å². The average molecular weight is 194 g/mol. The smallest absolute Gasteiger partial charge is 0.121 e. The Hall–Kier alpha value is -0.315. The lowest BCUT2D eigenvalue weighted by Crippen LogP contribution is -2.42. The maximum absolute atomic E-state index is 5.87. The molecule has 0 spiro atoms. The number of fused-ring (bicyclic) bond motifs is 2. The lowest BCUT2D eigenvalue weighted by molar-refractivity contribution is -0.110. The van der Waals surface area contributed by atoms with Crippen molar-refractivity contribution in [2.24, 2.45) is 5.92 Å². The molecule has 2 fully saturated rings. The van der Waals surface area contributed by atoms with E-state index in [0.717, 1.165) is 12.0 Å². The van der Waals surface area contributed by atoms with E-state index in [1.807, 2.05) is 0 Å². The van der Waals surface area contributed by atoms with E-state index >= 15 is 0 Å². The third kappa shape index (κ3) is 1.18. The lowest BCUT2D eigenvalue weighted by Gasteiger charge is -2.31. The molecule has 3 unspecified atom stereocenters. The van der Waals surface area contributed by atoms with Crippen LogP contribution in [0.1, 0.15) is 6.42 Å². The van der Waals surface area contributed by atoms with E-state index < -0.39 is 5.60 Å². The zero-order chi connectivity index (χ0) is 10.3. The molecule has 0 N–H and O–H groups in total. The van der Waals surface area contributed by atoms with E-state index in [9.17, 15) is 0 Å². The van der Waals surface area contributed by atoms with Crippen LogP contribution in [0.15, 0.2) is 12.2 Å². The Bertz CT molecular complexity index is 256. The number of hydrogen-bond acceptors (Lipinski definition) is 3. The molecule has 2 aliphatic rings. The first-order valence-electron chi connectivity index (χ1n) is 4.77. The summed E-state index contributed by atoms with van der Waals surface area (Å²) in [5, 5.41) is 0. The van der Waals surface area contributed by atoms with Crippen LogP contribution in [0, 0.1) is 5.92 Å². The second kappa shape index (κ2) is 3.37. The molecule has 0 aromatic carbocycles. The van der Waals surface area contributed by atoms with E-state index in [0.29, 0.717) is 6.61 Å². The number of hydrogen-bond donors (Lipinski definition) is 0. The highest BCUT2D eigenvalue weighted by atomic mass is 16.6. The lowest BCUT2D eigenvalue weighted by atomic mass is 9.83. The fourth-order valence-corrected chi connectivity index (χ4v) is 2.77. The van der Waals surface area contributed by atoms with Crippen LogP contribution in [-0.4, -0.2) is 46.4 Å². The molecule has 4 atom stereocenters. The van der Waals surface area contributed by atoms with Gasteiger partial charge in [0.1, 0.15) is 13.4 Å². The van der Waals surface area contributed by atoms with Gasteiger partial charge in [-0.3, -0.25) is 0 Å². The van der Waals surface area contributed by atoms with Crippen molar-refractivity contribution in [3.63, 3.8) is 0 Å². The Kier molecular flexibility index (Phi) is 2.45. The first kappa shape index (κ1) is 10.2. The van der Waals surface area contributed by atoms with Crippen molar-refractivity contribution in [1.29, 1.82) is 0 Å². The predicted molar refractivity (Wildman–Crippen MR) is 53.3 cm³/mol. The third-order valence-corrected chi connectivity index (χ3v) is 3.21. The molecule has 1 aliphatic heterocycles. The number of rotatable bonds is 3. The summed E-state index contributed by atoms with van der Waals surface area (Å²) in [5.74, 6) is 0.121. The number of methoxy groups -OCH3 is 2. The first-order valence-corrected chi connectivity index (χ1v) is 4.77. The van der Waals surface area contributed by atoms with Crippen molar-refractivity contribution in [3.8, 4) is 0 Å². The first-order chi connectivity index (χ1) is 6.64. The van der Waals surface area contributed by atoms with Crippen LogP contribution >= 0.6 is 0 Å². The number of ether oxygens (including phenoxy) is 3. The zero-order valence-electron chi connectivity index (χ0n) is 8.66. The monoisotopic (exact) mass is 194 g/mol. The molecule has 1 saturated heterocycles. The van der Waals surface area contributed by atoms with E-state index in [-0.39, 0.29) is 18.0 Å². The van der Waals surface area contributed by atoms with Crippen LogP contribution in [0.4, 0.5) is 0 Å². The van der Waals surface area contributed by atoms with E-state index in [4.69, 9.17) is 22.1 Å². The maximum atomic E-state index is 5.87. The Morgan fingerprint density at radius 1 is 1.64 bits per heavy atom. The van der Waals surface area contributed by atoms with Gasteiger partial charge >= 0.3 is 0 Å². The van der Waals surface area contributed by atoms with Gasteiger partial charge in [0.2, 0.25) is 0 Å². The molecular weight excluding hydrogens is 179 g/mol. The molecule has 2 rings (SSSR count). The highest BCUT2D eigenvalue weighted by molar-refractivity contribution is 6.11. The van der Waals surface area contributed by atoms with Gasteiger partial charge in [-0.15, -0.1) is 0 Å². The second-order valence-corrected chi connectivity index (χ2v) is 4.10. The molecule has 4 heteroatoms.